The molecule has 1 aromatic carbocycles. The number of amides is 1. The molecule has 0 saturated heterocycles. The number of hydrogen-bond acceptors (Lipinski definition) is 9. The van der Waals surface area contributed by atoms with Crippen LogP contribution in [0.5, 0.6) is 0 Å². The van der Waals surface area contributed by atoms with Crippen LogP contribution in [0.2, 0.25) is 0 Å². The summed E-state index contributed by atoms with van der Waals surface area (Å²) in [5, 5.41) is 2.60. The Hall–Kier alpha value is -1.96. The highest BCUT2D eigenvalue weighted by Gasteiger charge is 2.12. The molecule has 0 aliphatic heterocycles. The van der Waals surface area contributed by atoms with Crippen LogP contribution in [-0.2, 0) is 33.7 Å². The Labute approximate surface area is 196 Å². The Morgan fingerprint density at radius 3 is 1.88 bits per heavy atom. The van der Waals surface area contributed by atoms with Gasteiger partial charge in [-0.2, -0.15) is 0 Å². The predicted molar refractivity (Wildman–Crippen MR) is 124 cm³/mol. The number of benzene rings is 1. The van der Waals surface area contributed by atoms with E-state index < -0.39 is 16.1 Å². The maximum Gasteiger partial charge on any atom is 0.407 e. The first kappa shape index (κ1) is 29.1. The number of carbonyl (C=O) groups is 1. The molecule has 0 spiro atoms. The molecule has 11 nitrogen and oxygen atoms in total. The fraction of sp³-hybridized carbons (Fsp3) is 0.667. The maximum atomic E-state index is 12.1. The van der Waals surface area contributed by atoms with Gasteiger partial charge in [0.05, 0.1) is 64.4 Å². The quantitative estimate of drug-likeness (QED) is 0.180. The third kappa shape index (κ3) is 15.5. The van der Waals surface area contributed by atoms with Gasteiger partial charge in [-0.1, -0.05) is 13.3 Å². The third-order valence-corrected chi connectivity index (χ3v) is 5.57. The van der Waals surface area contributed by atoms with E-state index in [9.17, 15) is 13.2 Å². The Morgan fingerprint density at radius 1 is 0.818 bits per heavy atom. The van der Waals surface area contributed by atoms with Crippen molar-refractivity contribution in [2.24, 2.45) is 0 Å². The Balaban J connectivity index is 1.83. The van der Waals surface area contributed by atoms with Crippen molar-refractivity contribution in [1.29, 1.82) is 0 Å². The van der Waals surface area contributed by atoms with E-state index in [-0.39, 0.29) is 18.0 Å². The summed E-state index contributed by atoms with van der Waals surface area (Å²) in [6.45, 7) is 6.03. The molecule has 0 saturated carbocycles. The molecule has 1 rings (SSSR count). The average molecular weight is 492 g/mol. The van der Waals surface area contributed by atoms with Gasteiger partial charge in [-0.05, 0) is 30.7 Å². The van der Waals surface area contributed by atoms with Crippen LogP contribution in [0.4, 0.5) is 10.5 Å². The van der Waals surface area contributed by atoms with Gasteiger partial charge in [-0.3, -0.25) is 0 Å². The van der Waals surface area contributed by atoms with Crippen molar-refractivity contribution in [2.45, 2.75) is 24.7 Å². The van der Waals surface area contributed by atoms with Gasteiger partial charge in [0.2, 0.25) is 10.0 Å². The Morgan fingerprint density at radius 2 is 1.33 bits per heavy atom. The van der Waals surface area contributed by atoms with Crippen molar-refractivity contribution in [3.63, 3.8) is 0 Å². The summed E-state index contributed by atoms with van der Waals surface area (Å²) in [5.41, 5.74) is 6.06. The molecule has 0 aliphatic rings. The lowest BCUT2D eigenvalue weighted by Gasteiger charge is -2.09. The van der Waals surface area contributed by atoms with Gasteiger partial charge >= 0.3 is 6.09 Å². The molecular formula is C21H37N3O8S. The van der Waals surface area contributed by atoms with Crippen LogP contribution in [-0.4, -0.2) is 87.1 Å². The van der Waals surface area contributed by atoms with E-state index in [1.807, 2.05) is 6.92 Å². The minimum atomic E-state index is -3.57. The molecule has 0 fully saturated rings. The minimum Gasteiger partial charge on any atom is -0.450 e. The first-order valence-corrected chi connectivity index (χ1v) is 12.5. The van der Waals surface area contributed by atoms with Crippen LogP contribution >= 0.6 is 0 Å². The summed E-state index contributed by atoms with van der Waals surface area (Å²) < 4.78 is 53.0. The number of sulfonamides is 1. The number of rotatable bonds is 20. The zero-order valence-electron chi connectivity index (χ0n) is 19.3. The molecule has 0 aliphatic carbocycles. The topological polar surface area (TPSA) is 147 Å². The van der Waals surface area contributed by atoms with Crippen molar-refractivity contribution in [1.82, 2.24) is 10.0 Å². The molecule has 0 heterocycles. The van der Waals surface area contributed by atoms with Gasteiger partial charge in [0.25, 0.3) is 0 Å². The molecule has 190 valence electrons. The van der Waals surface area contributed by atoms with Crippen LogP contribution < -0.4 is 15.8 Å². The number of nitrogens with two attached hydrogens (primary N) is 1. The minimum absolute atomic E-state index is 0.157. The molecule has 0 bridgehead atoms. The second-order valence-corrected chi connectivity index (χ2v) is 8.60. The molecule has 0 radical (unpaired) electrons. The smallest absolute Gasteiger partial charge is 0.407 e. The first-order valence-electron chi connectivity index (χ1n) is 11.0. The van der Waals surface area contributed by atoms with Gasteiger partial charge in [0.1, 0.15) is 0 Å². The molecule has 0 aromatic heterocycles. The van der Waals surface area contributed by atoms with E-state index in [1.165, 1.54) is 24.3 Å². The normalized spacial score (nSPS) is 11.4. The monoisotopic (exact) mass is 491 g/mol. The molecular weight excluding hydrogens is 454 g/mol. The Kier molecular flexibility index (Phi) is 16.3. The largest absolute Gasteiger partial charge is 0.450 e. The molecule has 1 amide bonds. The summed E-state index contributed by atoms with van der Waals surface area (Å²) in [4.78, 5) is 11.4. The van der Waals surface area contributed by atoms with Crippen LogP contribution in [0, 0.1) is 0 Å². The number of alkyl carbamates (subject to hydrolysis) is 1. The van der Waals surface area contributed by atoms with Gasteiger partial charge in [-0.25, -0.2) is 17.9 Å². The number of ether oxygens (including phenoxy) is 5. The van der Waals surface area contributed by atoms with Crippen molar-refractivity contribution in [3.8, 4) is 0 Å². The highest BCUT2D eigenvalue weighted by molar-refractivity contribution is 7.89. The number of nitrogen functional groups attached to an aromatic ring is 1. The van der Waals surface area contributed by atoms with Crippen molar-refractivity contribution in [3.05, 3.63) is 24.3 Å². The van der Waals surface area contributed by atoms with Crippen LogP contribution in [0.15, 0.2) is 29.2 Å². The third-order valence-electron chi connectivity index (χ3n) is 4.09. The van der Waals surface area contributed by atoms with E-state index in [4.69, 9.17) is 29.4 Å². The number of carbonyl (C=O) groups excluding carboxylic acids is 1. The van der Waals surface area contributed by atoms with E-state index in [1.54, 1.807) is 0 Å². The highest BCUT2D eigenvalue weighted by Crippen LogP contribution is 2.10. The molecule has 0 atom stereocenters. The standard InChI is InChI=1S/C21H37N3O8S/c1-2-3-10-32-21(25)23-8-11-28-13-15-30-17-18-31-16-14-29-12-9-24-33(26,27)20-6-4-19(22)5-7-20/h4-7,24H,2-3,8-18,22H2,1H3,(H,23,25). The lowest BCUT2D eigenvalue weighted by atomic mass is 10.3. The number of hydrogen-bond donors (Lipinski definition) is 3. The second-order valence-electron chi connectivity index (χ2n) is 6.83. The van der Waals surface area contributed by atoms with E-state index in [0.29, 0.717) is 65.1 Å². The SMILES string of the molecule is CCCCOC(=O)NCCOCCOCCOCCOCCNS(=O)(=O)c1ccc(N)cc1. The van der Waals surface area contributed by atoms with Crippen molar-refractivity contribution in [2.75, 3.05) is 78.3 Å². The van der Waals surface area contributed by atoms with Crippen LogP contribution in [0.25, 0.3) is 0 Å². The maximum absolute atomic E-state index is 12.1. The van der Waals surface area contributed by atoms with Crippen LogP contribution in [0.3, 0.4) is 0 Å². The molecule has 4 N–H and O–H groups in total. The van der Waals surface area contributed by atoms with Gasteiger partial charge in [0, 0.05) is 18.8 Å². The summed E-state index contributed by atoms with van der Waals surface area (Å²) in [7, 11) is -3.57. The Bertz CT molecular complexity index is 732. The van der Waals surface area contributed by atoms with E-state index in [0.717, 1.165) is 12.8 Å². The summed E-state index contributed by atoms with van der Waals surface area (Å²) in [5.74, 6) is 0. The number of nitrogens with one attached hydrogen (secondary N) is 2. The van der Waals surface area contributed by atoms with Gasteiger partial charge in [0.15, 0.2) is 0 Å². The van der Waals surface area contributed by atoms with Gasteiger partial charge in [-0.15, -0.1) is 0 Å². The number of anilines is 1. The predicted octanol–water partition coefficient (Wildman–Crippen LogP) is 1.14. The van der Waals surface area contributed by atoms with Crippen LogP contribution in [0.1, 0.15) is 19.8 Å². The number of unbranched alkanes of at least 4 members (excludes halogenated alkanes) is 1. The molecule has 1 aromatic rings. The first-order chi connectivity index (χ1) is 16.0. The summed E-state index contributed by atoms with van der Waals surface area (Å²) in [6, 6.07) is 5.97. The summed E-state index contributed by atoms with van der Waals surface area (Å²) in [6.07, 6.45) is 1.41. The second kappa shape index (κ2) is 18.5. The van der Waals surface area contributed by atoms with Crippen molar-refractivity contribution >= 4 is 21.8 Å². The fourth-order valence-electron chi connectivity index (χ4n) is 2.33. The van der Waals surface area contributed by atoms with Gasteiger partial charge < -0.3 is 34.7 Å². The highest BCUT2D eigenvalue weighted by atomic mass is 32.2. The lowest BCUT2D eigenvalue weighted by Crippen LogP contribution is -2.28. The molecule has 33 heavy (non-hydrogen) atoms. The van der Waals surface area contributed by atoms with E-state index >= 15 is 0 Å². The molecule has 0 unspecified atom stereocenters. The van der Waals surface area contributed by atoms with E-state index in [2.05, 4.69) is 10.0 Å². The zero-order valence-corrected chi connectivity index (χ0v) is 20.1. The van der Waals surface area contributed by atoms with Crippen molar-refractivity contribution < 1.29 is 36.9 Å². The fourth-order valence-corrected chi connectivity index (χ4v) is 3.34. The summed E-state index contributed by atoms with van der Waals surface area (Å²) >= 11 is 0. The lowest BCUT2D eigenvalue weighted by molar-refractivity contribution is -0.000827. The zero-order chi connectivity index (χ0) is 24.2. The molecule has 12 heteroatoms. The average Bonchev–Trinajstić information content (AvgIpc) is 2.79.